The summed E-state index contributed by atoms with van der Waals surface area (Å²) >= 11 is 0. The van der Waals surface area contributed by atoms with E-state index in [1.165, 1.54) is 0 Å². The molecule has 0 saturated heterocycles. The van der Waals surface area contributed by atoms with Crippen LogP contribution in [0.4, 0.5) is 11.4 Å². The molecular weight excluding hydrogens is 388 g/mol. The summed E-state index contributed by atoms with van der Waals surface area (Å²) in [7, 11) is 0.651. The number of rotatable bonds is 6. The molecule has 0 saturated carbocycles. The first-order chi connectivity index (χ1) is 13.7. The van der Waals surface area contributed by atoms with Gasteiger partial charge in [0.1, 0.15) is 0 Å². The first kappa shape index (κ1) is 20.9. The summed E-state index contributed by atoms with van der Waals surface area (Å²) in [5.41, 5.74) is 4.29. The monoisotopic (exact) mass is 414 g/mol. The molecule has 1 N–H and O–H groups in total. The second kappa shape index (κ2) is 8.24. The van der Waals surface area contributed by atoms with Crippen molar-refractivity contribution in [2.24, 2.45) is 5.10 Å². The molecule has 0 unspecified atom stereocenters. The summed E-state index contributed by atoms with van der Waals surface area (Å²) in [6.07, 6.45) is 2.09. The molecule has 0 aromatic heterocycles. The number of hydrogen-bond donors (Lipinski definition) is 1. The number of nitrogens with one attached hydrogen (secondary N) is 1. The van der Waals surface area contributed by atoms with Crippen molar-refractivity contribution in [2.45, 2.75) is 25.8 Å². The summed E-state index contributed by atoms with van der Waals surface area (Å²) in [6.45, 7) is 1.83. The lowest BCUT2D eigenvalue weighted by Gasteiger charge is -2.22. The van der Waals surface area contributed by atoms with Gasteiger partial charge in [-0.3, -0.25) is 9.52 Å². The van der Waals surface area contributed by atoms with Gasteiger partial charge in [-0.25, -0.2) is 13.4 Å². The zero-order valence-electron chi connectivity index (χ0n) is 17.1. The molecule has 29 heavy (non-hydrogen) atoms. The number of amides is 1. The van der Waals surface area contributed by atoms with Gasteiger partial charge in [0.05, 0.1) is 18.0 Å². The Morgan fingerprint density at radius 2 is 1.76 bits per heavy atom. The van der Waals surface area contributed by atoms with Crippen molar-refractivity contribution in [1.82, 2.24) is 5.01 Å². The normalized spacial score (nSPS) is 16.5. The maximum atomic E-state index is 12.5. The molecule has 1 aliphatic heterocycles. The van der Waals surface area contributed by atoms with E-state index in [2.05, 4.69) is 9.82 Å². The van der Waals surface area contributed by atoms with Gasteiger partial charge >= 0.3 is 0 Å². The van der Waals surface area contributed by atoms with Crippen LogP contribution in [0.15, 0.2) is 53.6 Å². The van der Waals surface area contributed by atoms with Crippen molar-refractivity contribution in [3.8, 4) is 0 Å². The van der Waals surface area contributed by atoms with Crippen molar-refractivity contribution in [2.75, 3.05) is 30.0 Å². The van der Waals surface area contributed by atoms with Gasteiger partial charge in [0.2, 0.25) is 15.9 Å². The van der Waals surface area contributed by atoms with Crippen LogP contribution < -0.4 is 9.62 Å². The van der Waals surface area contributed by atoms with E-state index in [1.54, 1.807) is 17.1 Å². The van der Waals surface area contributed by atoms with E-state index in [1.807, 2.05) is 62.3 Å². The number of hydrogen-bond acceptors (Lipinski definition) is 5. The van der Waals surface area contributed by atoms with Crippen molar-refractivity contribution in [3.05, 3.63) is 59.7 Å². The molecule has 1 atom stereocenters. The first-order valence-corrected chi connectivity index (χ1v) is 11.3. The highest BCUT2D eigenvalue weighted by molar-refractivity contribution is 7.92. The third-order valence-corrected chi connectivity index (χ3v) is 5.39. The Hall–Kier alpha value is -2.87. The number of nitrogens with zero attached hydrogens (tertiary/aromatic N) is 3. The van der Waals surface area contributed by atoms with E-state index < -0.39 is 10.0 Å². The molecule has 0 bridgehead atoms. The predicted molar refractivity (Wildman–Crippen MR) is 117 cm³/mol. The molecule has 0 aliphatic carbocycles. The van der Waals surface area contributed by atoms with E-state index in [-0.39, 0.29) is 11.9 Å². The Bertz CT molecular complexity index is 1010. The molecule has 0 spiro atoms. The first-order valence-electron chi connectivity index (χ1n) is 9.43. The molecule has 2 aromatic rings. The molecular formula is C21H26N4O3S. The Morgan fingerprint density at radius 1 is 1.14 bits per heavy atom. The fourth-order valence-electron chi connectivity index (χ4n) is 3.28. The van der Waals surface area contributed by atoms with Gasteiger partial charge in [-0.15, -0.1) is 0 Å². The van der Waals surface area contributed by atoms with Gasteiger partial charge in [-0.1, -0.05) is 31.2 Å². The van der Waals surface area contributed by atoms with E-state index in [4.69, 9.17) is 0 Å². The SMILES string of the molecule is CCC(=O)N1N=C(c2ccc(NS(C)(=O)=O)cc2)C[C@H]1c1ccc(N(C)C)cc1. The van der Waals surface area contributed by atoms with Crippen LogP contribution in [0.3, 0.4) is 0 Å². The van der Waals surface area contributed by atoms with Crippen LogP contribution in [0.25, 0.3) is 0 Å². The third-order valence-electron chi connectivity index (χ3n) is 4.78. The molecule has 0 fully saturated rings. The quantitative estimate of drug-likeness (QED) is 0.787. The summed E-state index contributed by atoms with van der Waals surface area (Å²) in [4.78, 5) is 14.5. The van der Waals surface area contributed by atoms with Gasteiger partial charge in [0, 0.05) is 38.3 Å². The fraction of sp³-hybridized carbons (Fsp3) is 0.333. The van der Waals surface area contributed by atoms with Gasteiger partial charge < -0.3 is 4.90 Å². The Kier molecular flexibility index (Phi) is 5.93. The molecule has 1 heterocycles. The van der Waals surface area contributed by atoms with Gasteiger partial charge in [0.25, 0.3) is 0 Å². The molecule has 1 aliphatic rings. The van der Waals surface area contributed by atoms with Crippen LogP contribution in [0.1, 0.15) is 36.9 Å². The molecule has 2 aromatic carbocycles. The molecule has 0 radical (unpaired) electrons. The molecule has 8 heteroatoms. The van der Waals surface area contributed by atoms with E-state index in [0.717, 1.165) is 28.8 Å². The highest BCUT2D eigenvalue weighted by Crippen LogP contribution is 2.34. The fourth-order valence-corrected chi connectivity index (χ4v) is 3.84. The number of hydrazone groups is 1. The largest absolute Gasteiger partial charge is 0.378 e. The number of carbonyl (C=O) groups excluding carboxylic acids is 1. The Morgan fingerprint density at radius 3 is 2.28 bits per heavy atom. The lowest BCUT2D eigenvalue weighted by atomic mass is 9.98. The average Bonchev–Trinajstić information content (AvgIpc) is 3.12. The average molecular weight is 415 g/mol. The summed E-state index contributed by atoms with van der Waals surface area (Å²) in [6, 6.07) is 15.0. The van der Waals surface area contributed by atoms with Crippen LogP contribution >= 0.6 is 0 Å². The van der Waals surface area contributed by atoms with Gasteiger partial charge in [-0.2, -0.15) is 5.10 Å². The van der Waals surface area contributed by atoms with Crippen molar-refractivity contribution >= 4 is 33.0 Å². The number of benzene rings is 2. The van der Waals surface area contributed by atoms with Crippen LogP contribution in [0.5, 0.6) is 0 Å². The van der Waals surface area contributed by atoms with E-state index >= 15 is 0 Å². The zero-order valence-corrected chi connectivity index (χ0v) is 17.9. The summed E-state index contributed by atoms with van der Waals surface area (Å²) in [5.74, 6) is -0.0305. The molecule has 3 rings (SSSR count). The van der Waals surface area contributed by atoms with Gasteiger partial charge in [0.15, 0.2) is 0 Å². The summed E-state index contributed by atoms with van der Waals surface area (Å²) < 4.78 is 25.2. The minimum Gasteiger partial charge on any atom is -0.378 e. The van der Waals surface area contributed by atoms with Gasteiger partial charge in [-0.05, 0) is 35.4 Å². The maximum Gasteiger partial charge on any atom is 0.242 e. The molecule has 1 amide bonds. The van der Waals surface area contributed by atoms with Crippen LogP contribution in [-0.4, -0.2) is 45.4 Å². The smallest absolute Gasteiger partial charge is 0.242 e. The zero-order chi connectivity index (χ0) is 21.2. The third kappa shape index (κ3) is 4.95. The van der Waals surface area contributed by atoms with E-state index in [0.29, 0.717) is 18.5 Å². The highest BCUT2D eigenvalue weighted by Gasteiger charge is 2.32. The lowest BCUT2D eigenvalue weighted by molar-refractivity contribution is -0.132. The lowest BCUT2D eigenvalue weighted by Crippen LogP contribution is -2.26. The maximum absolute atomic E-state index is 12.5. The highest BCUT2D eigenvalue weighted by atomic mass is 32.2. The van der Waals surface area contributed by atoms with Crippen LogP contribution in [-0.2, 0) is 14.8 Å². The number of sulfonamides is 1. The Balaban J connectivity index is 1.86. The number of anilines is 2. The van der Waals surface area contributed by atoms with Crippen LogP contribution in [0.2, 0.25) is 0 Å². The molecule has 7 nitrogen and oxygen atoms in total. The second-order valence-electron chi connectivity index (χ2n) is 7.30. The molecule has 154 valence electrons. The topological polar surface area (TPSA) is 82.1 Å². The minimum absolute atomic E-state index is 0.0305. The second-order valence-corrected chi connectivity index (χ2v) is 9.04. The van der Waals surface area contributed by atoms with Crippen molar-refractivity contribution < 1.29 is 13.2 Å². The van der Waals surface area contributed by atoms with E-state index in [9.17, 15) is 13.2 Å². The standard InChI is InChI=1S/C21H26N4O3S/c1-5-21(26)25-20(16-8-12-18(13-9-16)24(2)3)14-19(22-25)15-6-10-17(11-7-15)23-29(4,27)28/h6-13,20,23H,5,14H2,1-4H3/t20-/m0/s1. The van der Waals surface area contributed by atoms with Crippen molar-refractivity contribution in [3.63, 3.8) is 0 Å². The predicted octanol–water partition coefficient (Wildman–Crippen LogP) is 3.21. The Labute approximate surface area is 172 Å². The minimum atomic E-state index is -3.32. The summed E-state index contributed by atoms with van der Waals surface area (Å²) in [5, 5.41) is 6.17. The van der Waals surface area contributed by atoms with Crippen LogP contribution in [0, 0.1) is 0 Å². The van der Waals surface area contributed by atoms with Crippen molar-refractivity contribution in [1.29, 1.82) is 0 Å². The number of carbonyl (C=O) groups is 1.